The molecule has 1 unspecified atom stereocenters. The zero-order chi connectivity index (χ0) is 15.0. The third kappa shape index (κ3) is 2.85. The van der Waals surface area contributed by atoms with Crippen LogP contribution in [0.25, 0.3) is 0 Å². The molecular formula is C18H20BrNO. The van der Waals surface area contributed by atoms with Gasteiger partial charge in [-0.15, -0.1) is 0 Å². The molecule has 1 N–H and O–H groups in total. The highest BCUT2D eigenvalue weighted by atomic mass is 79.9. The quantitative estimate of drug-likeness (QED) is 0.842. The number of rotatable bonds is 2. The summed E-state index contributed by atoms with van der Waals surface area (Å²) in [5.74, 6) is 0.628. The molecule has 0 saturated heterocycles. The highest BCUT2D eigenvalue weighted by molar-refractivity contribution is 9.10. The Morgan fingerprint density at radius 2 is 1.95 bits per heavy atom. The Hall–Kier alpha value is -1.32. The molecule has 0 fully saturated rings. The van der Waals surface area contributed by atoms with Crippen molar-refractivity contribution in [1.29, 1.82) is 0 Å². The SMILES string of the molecule is CC1Cc2ccccc2N(c2ccc([C@@H](C)O)cc2Br)C1. The first-order valence-corrected chi connectivity index (χ1v) is 8.18. The fourth-order valence-electron chi connectivity index (χ4n) is 3.03. The van der Waals surface area contributed by atoms with Crippen LogP contribution in [0.1, 0.15) is 31.1 Å². The molecule has 2 nitrogen and oxygen atoms in total. The number of halogens is 1. The number of anilines is 2. The second kappa shape index (κ2) is 5.82. The third-order valence-corrected chi connectivity index (χ3v) is 4.73. The second-order valence-corrected chi connectivity index (χ2v) is 6.79. The summed E-state index contributed by atoms with van der Waals surface area (Å²) in [5.41, 5.74) is 4.80. The van der Waals surface area contributed by atoms with E-state index in [1.165, 1.54) is 16.9 Å². The Morgan fingerprint density at radius 3 is 2.67 bits per heavy atom. The molecule has 1 aliphatic rings. The van der Waals surface area contributed by atoms with Gasteiger partial charge >= 0.3 is 0 Å². The third-order valence-electron chi connectivity index (χ3n) is 4.09. The number of para-hydroxylation sites is 1. The Kier molecular flexibility index (Phi) is 4.05. The largest absolute Gasteiger partial charge is 0.389 e. The van der Waals surface area contributed by atoms with E-state index in [9.17, 15) is 5.11 Å². The Labute approximate surface area is 134 Å². The van der Waals surface area contributed by atoms with E-state index in [0.717, 1.165) is 23.0 Å². The lowest BCUT2D eigenvalue weighted by Gasteiger charge is -2.35. The number of aliphatic hydroxyl groups excluding tert-OH is 1. The van der Waals surface area contributed by atoms with E-state index < -0.39 is 6.10 Å². The molecule has 0 aromatic heterocycles. The number of benzene rings is 2. The number of hydrogen-bond acceptors (Lipinski definition) is 2. The molecule has 0 saturated carbocycles. The van der Waals surface area contributed by atoms with E-state index >= 15 is 0 Å². The van der Waals surface area contributed by atoms with E-state index in [0.29, 0.717) is 5.92 Å². The molecule has 1 heterocycles. The Bertz CT molecular complexity index is 653. The van der Waals surface area contributed by atoms with Crippen LogP contribution in [0.15, 0.2) is 46.9 Å². The van der Waals surface area contributed by atoms with Crippen molar-refractivity contribution in [3.63, 3.8) is 0 Å². The van der Waals surface area contributed by atoms with Gasteiger partial charge in [0.1, 0.15) is 0 Å². The van der Waals surface area contributed by atoms with Crippen LogP contribution in [0.5, 0.6) is 0 Å². The van der Waals surface area contributed by atoms with Gasteiger partial charge in [-0.2, -0.15) is 0 Å². The first-order chi connectivity index (χ1) is 10.1. The van der Waals surface area contributed by atoms with Crippen LogP contribution < -0.4 is 4.90 Å². The summed E-state index contributed by atoms with van der Waals surface area (Å²) in [6, 6.07) is 14.7. The van der Waals surface area contributed by atoms with E-state index in [1.807, 2.05) is 12.1 Å². The smallest absolute Gasteiger partial charge is 0.0762 e. The van der Waals surface area contributed by atoms with Crippen molar-refractivity contribution in [2.24, 2.45) is 5.92 Å². The van der Waals surface area contributed by atoms with E-state index in [-0.39, 0.29) is 0 Å². The molecule has 3 rings (SSSR count). The van der Waals surface area contributed by atoms with Crippen LogP contribution in [0, 0.1) is 5.92 Å². The molecule has 0 amide bonds. The van der Waals surface area contributed by atoms with Crippen LogP contribution in [0.3, 0.4) is 0 Å². The molecule has 1 aliphatic heterocycles. The lowest BCUT2D eigenvalue weighted by molar-refractivity contribution is 0.199. The summed E-state index contributed by atoms with van der Waals surface area (Å²) in [6.07, 6.45) is 0.693. The van der Waals surface area contributed by atoms with Gasteiger partial charge in [0.25, 0.3) is 0 Å². The van der Waals surface area contributed by atoms with Crippen LogP contribution >= 0.6 is 15.9 Å². The Morgan fingerprint density at radius 1 is 1.19 bits per heavy atom. The van der Waals surface area contributed by atoms with Gasteiger partial charge in [0.15, 0.2) is 0 Å². The van der Waals surface area contributed by atoms with Gasteiger partial charge in [-0.3, -0.25) is 0 Å². The zero-order valence-corrected chi connectivity index (χ0v) is 14.0. The molecule has 110 valence electrons. The monoisotopic (exact) mass is 345 g/mol. The van der Waals surface area contributed by atoms with Crippen molar-refractivity contribution in [3.05, 3.63) is 58.1 Å². The van der Waals surface area contributed by atoms with Crippen LogP contribution in [0.4, 0.5) is 11.4 Å². The Balaban J connectivity index is 2.04. The van der Waals surface area contributed by atoms with Gasteiger partial charge in [0.2, 0.25) is 0 Å². The number of nitrogens with zero attached hydrogens (tertiary/aromatic N) is 1. The molecule has 2 aromatic rings. The van der Waals surface area contributed by atoms with Crippen molar-refractivity contribution < 1.29 is 5.11 Å². The van der Waals surface area contributed by atoms with Crippen molar-refractivity contribution in [1.82, 2.24) is 0 Å². The van der Waals surface area contributed by atoms with Gasteiger partial charge in [-0.1, -0.05) is 31.2 Å². The summed E-state index contributed by atoms with van der Waals surface area (Å²) in [4.78, 5) is 2.37. The predicted octanol–water partition coefficient (Wildman–Crippen LogP) is 4.83. The first-order valence-electron chi connectivity index (χ1n) is 7.39. The lowest BCUT2D eigenvalue weighted by Crippen LogP contribution is -2.30. The number of aliphatic hydroxyl groups is 1. The summed E-state index contributed by atoms with van der Waals surface area (Å²) >= 11 is 3.67. The van der Waals surface area contributed by atoms with Crippen LogP contribution in [-0.4, -0.2) is 11.7 Å². The molecule has 0 spiro atoms. The van der Waals surface area contributed by atoms with Crippen LogP contribution in [0.2, 0.25) is 0 Å². The maximum Gasteiger partial charge on any atom is 0.0762 e. The standard InChI is InChI=1S/C18H20BrNO/c1-12-9-15-5-3-4-6-17(15)20(11-12)18-8-7-14(13(2)21)10-16(18)19/h3-8,10,12-13,21H,9,11H2,1-2H3/t12?,13-/m1/s1. The number of hydrogen-bond donors (Lipinski definition) is 1. The summed E-state index contributed by atoms with van der Waals surface area (Å²) in [7, 11) is 0. The molecule has 2 atom stereocenters. The van der Waals surface area contributed by atoms with Crippen molar-refractivity contribution in [2.45, 2.75) is 26.4 Å². The predicted molar refractivity (Wildman–Crippen MR) is 91.1 cm³/mol. The molecule has 3 heteroatoms. The average molecular weight is 346 g/mol. The van der Waals surface area contributed by atoms with Crippen molar-refractivity contribution in [2.75, 3.05) is 11.4 Å². The molecule has 2 aromatic carbocycles. The maximum atomic E-state index is 9.71. The van der Waals surface area contributed by atoms with Crippen molar-refractivity contribution in [3.8, 4) is 0 Å². The van der Waals surface area contributed by atoms with E-state index in [4.69, 9.17) is 0 Å². The van der Waals surface area contributed by atoms with Gasteiger partial charge < -0.3 is 10.0 Å². The zero-order valence-electron chi connectivity index (χ0n) is 12.4. The summed E-state index contributed by atoms with van der Waals surface area (Å²) < 4.78 is 1.03. The molecule has 0 aliphatic carbocycles. The molecule has 0 bridgehead atoms. The lowest BCUT2D eigenvalue weighted by atomic mass is 9.93. The fourth-order valence-corrected chi connectivity index (χ4v) is 3.64. The maximum absolute atomic E-state index is 9.71. The summed E-state index contributed by atoms with van der Waals surface area (Å²) in [5, 5.41) is 9.71. The second-order valence-electron chi connectivity index (χ2n) is 5.94. The average Bonchev–Trinajstić information content (AvgIpc) is 2.46. The van der Waals surface area contributed by atoms with Crippen LogP contribution in [-0.2, 0) is 6.42 Å². The molecule has 21 heavy (non-hydrogen) atoms. The van der Waals surface area contributed by atoms with Gasteiger partial charge in [-0.05, 0) is 64.5 Å². The highest BCUT2D eigenvalue weighted by Gasteiger charge is 2.24. The van der Waals surface area contributed by atoms with Gasteiger partial charge in [0.05, 0.1) is 11.8 Å². The normalized spacial score (nSPS) is 19.2. The minimum absolute atomic E-state index is 0.442. The van der Waals surface area contributed by atoms with E-state index in [2.05, 4.69) is 58.1 Å². The fraction of sp³-hybridized carbons (Fsp3) is 0.333. The summed E-state index contributed by atoms with van der Waals surface area (Å²) in [6.45, 7) is 5.10. The molecular weight excluding hydrogens is 326 g/mol. The minimum Gasteiger partial charge on any atom is -0.389 e. The minimum atomic E-state index is -0.442. The first kappa shape index (κ1) is 14.6. The van der Waals surface area contributed by atoms with E-state index in [1.54, 1.807) is 6.92 Å². The van der Waals surface area contributed by atoms with Crippen molar-refractivity contribution >= 4 is 27.3 Å². The topological polar surface area (TPSA) is 23.5 Å². The van der Waals surface area contributed by atoms with Gasteiger partial charge in [-0.25, -0.2) is 0 Å². The number of fused-ring (bicyclic) bond motifs is 1. The highest BCUT2D eigenvalue weighted by Crippen LogP contribution is 2.39. The molecule has 0 radical (unpaired) electrons. The van der Waals surface area contributed by atoms with Gasteiger partial charge in [0, 0.05) is 16.7 Å².